The van der Waals surface area contributed by atoms with E-state index in [1.54, 1.807) is 19.1 Å². The summed E-state index contributed by atoms with van der Waals surface area (Å²) >= 11 is 0. The van der Waals surface area contributed by atoms with Gasteiger partial charge in [0.25, 0.3) is 0 Å². The third-order valence-electron chi connectivity index (χ3n) is 2.68. The van der Waals surface area contributed by atoms with E-state index < -0.39 is 5.60 Å². The van der Waals surface area contributed by atoms with Crippen molar-refractivity contribution in [3.63, 3.8) is 0 Å². The Balaban J connectivity index is 2.34. The zero-order valence-corrected chi connectivity index (χ0v) is 9.03. The molecule has 3 heteroatoms. The van der Waals surface area contributed by atoms with Crippen molar-refractivity contribution in [3.05, 3.63) is 41.7 Å². The first kappa shape index (κ1) is 11.0. The summed E-state index contributed by atoms with van der Waals surface area (Å²) in [7, 11) is 0. The molecule has 2 rings (SSSR count). The van der Waals surface area contributed by atoms with E-state index >= 15 is 0 Å². The molecule has 84 valence electrons. The van der Waals surface area contributed by atoms with Crippen LogP contribution in [-0.2, 0) is 4.79 Å². The Labute approximate surface area is 93.4 Å². The van der Waals surface area contributed by atoms with Gasteiger partial charge in [0, 0.05) is 12.8 Å². The second-order valence-electron chi connectivity index (χ2n) is 4.49. The lowest BCUT2D eigenvalue weighted by Gasteiger charge is -2.27. The van der Waals surface area contributed by atoms with E-state index in [1.807, 2.05) is 0 Å². The maximum Gasteiger partial charge on any atom is 0.158 e. The minimum atomic E-state index is -0.991. The zero-order valence-electron chi connectivity index (χ0n) is 9.03. The van der Waals surface area contributed by atoms with Gasteiger partial charge in [-0.3, -0.25) is 4.79 Å². The number of benzene rings is 1. The normalized spacial score (nSPS) is 25.4. The van der Waals surface area contributed by atoms with Crippen LogP contribution in [0, 0.1) is 5.82 Å². The highest BCUT2D eigenvalue weighted by Crippen LogP contribution is 2.31. The lowest BCUT2D eigenvalue weighted by molar-refractivity contribution is -0.119. The molecule has 1 aromatic rings. The number of aliphatic hydroxyl groups is 1. The van der Waals surface area contributed by atoms with Crippen molar-refractivity contribution in [2.45, 2.75) is 25.4 Å². The van der Waals surface area contributed by atoms with Gasteiger partial charge in [-0.15, -0.1) is 0 Å². The van der Waals surface area contributed by atoms with Crippen molar-refractivity contribution < 1.29 is 14.3 Å². The molecule has 0 aromatic heterocycles. The van der Waals surface area contributed by atoms with Crippen LogP contribution in [-0.4, -0.2) is 16.5 Å². The molecule has 1 N–H and O–H groups in total. The van der Waals surface area contributed by atoms with Crippen LogP contribution in [0.4, 0.5) is 4.39 Å². The van der Waals surface area contributed by atoms with Crippen molar-refractivity contribution in [1.29, 1.82) is 0 Å². The van der Waals surface area contributed by atoms with Gasteiger partial charge in [-0.1, -0.05) is 12.1 Å². The van der Waals surface area contributed by atoms with E-state index in [-0.39, 0.29) is 18.0 Å². The Morgan fingerprint density at radius 1 is 1.25 bits per heavy atom. The Morgan fingerprint density at radius 2 is 1.88 bits per heavy atom. The molecule has 16 heavy (non-hydrogen) atoms. The predicted octanol–water partition coefficient (Wildman–Crippen LogP) is 2.32. The maximum absolute atomic E-state index is 12.7. The van der Waals surface area contributed by atoms with E-state index in [2.05, 4.69) is 0 Å². The molecule has 0 bridgehead atoms. The number of hydrogen-bond donors (Lipinski definition) is 1. The summed E-state index contributed by atoms with van der Waals surface area (Å²) in [5, 5.41) is 9.90. The monoisotopic (exact) mass is 220 g/mol. The van der Waals surface area contributed by atoms with E-state index in [9.17, 15) is 14.3 Å². The molecule has 1 aliphatic carbocycles. The zero-order chi connectivity index (χ0) is 11.8. The van der Waals surface area contributed by atoms with Gasteiger partial charge in [-0.2, -0.15) is 0 Å². The molecule has 0 fully saturated rings. The van der Waals surface area contributed by atoms with Crippen LogP contribution in [0.25, 0.3) is 5.57 Å². The maximum atomic E-state index is 12.7. The van der Waals surface area contributed by atoms with Crippen LogP contribution >= 0.6 is 0 Å². The fourth-order valence-electron chi connectivity index (χ4n) is 1.99. The summed E-state index contributed by atoms with van der Waals surface area (Å²) in [6.07, 6.45) is 2.10. The quantitative estimate of drug-likeness (QED) is 0.788. The second-order valence-corrected chi connectivity index (χ2v) is 4.49. The largest absolute Gasteiger partial charge is 0.389 e. The fraction of sp³-hybridized carbons (Fsp3) is 0.308. The van der Waals surface area contributed by atoms with E-state index in [0.717, 1.165) is 11.1 Å². The first-order valence-electron chi connectivity index (χ1n) is 5.18. The van der Waals surface area contributed by atoms with Crippen molar-refractivity contribution in [3.8, 4) is 0 Å². The predicted molar refractivity (Wildman–Crippen MR) is 59.2 cm³/mol. The number of rotatable bonds is 1. The van der Waals surface area contributed by atoms with Gasteiger partial charge in [0.2, 0.25) is 0 Å². The molecule has 0 radical (unpaired) electrons. The molecule has 0 amide bonds. The third kappa shape index (κ3) is 2.36. The smallest absolute Gasteiger partial charge is 0.158 e. The first-order chi connectivity index (χ1) is 7.46. The topological polar surface area (TPSA) is 37.3 Å². The Hall–Kier alpha value is -1.48. The molecule has 0 saturated heterocycles. The molecule has 2 nitrogen and oxygen atoms in total. The number of carbonyl (C=O) groups is 1. The highest BCUT2D eigenvalue weighted by atomic mass is 19.1. The summed E-state index contributed by atoms with van der Waals surface area (Å²) in [4.78, 5) is 11.4. The van der Waals surface area contributed by atoms with Crippen LogP contribution in [0.1, 0.15) is 25.3 Å². The molecule has 0 aliphatic heterocycles. The first-order valence-corrected chi connectivity index (χ1v) is 5.18. The van der Waals surface area contributed by atoms with Crippen molar-refractivity contribution in [2.24, 2.45) is 0 Å². The van der Waals surface area contributed by atoms with Crippen molar-refractivity contribution >= 4 is 11.4 Å². The molecule has 0 heterocycles. The average Bonchev–Trinajstić information content (AvgIpc) is 2.15. The Morgan fingerprint density at radius 3 is 2.44 bits per heavy atom. The molecule has 1 atom stereocenters. The summed E-state index contributed by atoms with van der Waals surface area (Å²) in [5.74, 6) is -0.395. The molecular weight excluding hydrogens is 207 g/mol. The third-order valence-corrected chi connectivity index (χ3v) is 2.68. The molecule has 1 unspecified atom stereocenters. The van der Waals surface area contributed by atoms with Gasteiger partial charge in [-0.05, 0) is 36.3 Å². The van der Waals surface area contributed by atoms with Crippen LogP contribution in [0.15, 0.2) is 30.3 Å². The summed E-state index contributed by atoms with van der Waals surface area (Å²) in [5.41, 5.74) is 0.561. The van der Waals surface area contributed by atoms with Crippen LogP contribution in [0.2, 0.25) is 0 Å². The van der Waals surface area contributed by atoms with E-state index in [1.165, 1.54) is 18.2 Å². The minimum Gasteiger partial charge on any atom is -0.389 e. The summed E-state index contributed by atoms with van der Waals surface area (Å²) in [6.45, 7) is 1.64. The average molecular weight is 220 g/mol. The SMILES string of the molecule is CC1(O)CC(=O)C=C(c2ccc(F)cc2)C1. The van der Waals surface area contributed by atoms with Crippen molar-refractivity contribution in [2.75, 3.05) is 0 Å². The highest BCUT2D eigenvalue weighted by Gasteiger charge is 2.29. The number of allylic oxidation sites excluding steroid dienone is 1. The van der Waals surface area contributed by atoms with Gasteiger partial charge in [-0.25, -0.2) is 4.39 Å². The summed E-state index contributed by atoms with van der Waals surface area (Å²) in [6, 6.07) is 5.94. The Bertz CT molecular complexity index is 444. The van der Waals surface area contributed by atoms with Crippen LogP contribution in [0.5, 0.6) is 0 Å². The molecule has 1 aromatic carbocycles. The van der Waals surface area contributed by atoms with Gasteiger partial charge >= 0.3 is 0 Å². The summed E-state index contributed by atoms with van der Waals surface area (Å²) < 4.78 is 12.7. The molecule has 0 saturated carbocycles. The van der Waals surface area contributed by atoms with E-state index in [4.69, 9.17) is 0 Å². The number of ketones is 1. The molecule has 1 aliphatic rings. The van der Waals surface area contributed by atoms with Crippen LogP contribution in [0.3, 0.4) is 0 Å². The van der Waals surface area contributed by atoms with E-state index in [0.29, 0.717) is 6.42 Å². The fourth-order valence-corrected chi connectivity index (χ4v) is 1.99. The van der Waals surface area contributed by atoms with Gasteiger partial charge in [0.1, 0.15) is 5.82 Å². The standard InChI is InChI=1S/C13H13FO2/c1-13(16)7-10(6-12(15)8-13)9-2-4-11(14)5-3-9/h2-6,16H,7-8H2,1H3. The van der Waals surface area contributed by atoms with Gasteiger partial charge in [0.15, 0.2) is 5.78 Å². The Kier molecular flexibility index (Phi) is 2.64. The lowest BCUT2D eigenvalue weighted by Crippen LogP contribution is -2.30. The molecule has 0 spiro atoms. The number of hydrogen-bond acceptors (Lipinski definition) is 2. The lowest BCUT2D eigenvalue weighted by atomic mass is 9.83. The minimum absolute atomic E-state index is 0.0874. The molecular formula is C13H13FO2. The van der Waals surface area contributed by atoms with Gasteiger partial charge < -0.3 is 5.11 Å². The number of halogens is 1. The van der Waals surface area contributed by atoms with Crippen LogP contribution < -0.4 is 0 Å². The number of carbonyl (C=O) groups excluding carboxylic acids is 1. The highest BCUT2D eigenvalue weighted by molar-refractivity contribution is 5.99. The van der Waals surface area contributed by atoms with Gasteiger partial charge in [0.05, 0.1) is 5.60 Å². The van der Waals surface area contributed by atoms with Crippen molar-refractivity contribution in [1.82, 2.24) is 0 Å². The second kappa shape index (κ2) is 3.83.